The lowest BCUT2D eigenvalue weighted by Crippen LogP contribution is -2.14. The van der Waals surface area contributed by atoms with E-state index in [1.165, 1.54) is 40.7 Å². The minimum absolute atomic E-state index is 0.119. The number of rotatable bonds is 6. The predicted octanol–water partition coefficient (Wildman–Crippen LogP) is 2.54. The van der Waals surface area contributed by atoms with Crippen LogP contribution < -0.4 is 10.1 Å². The molecule has 1 N–H and O–H groups in total. The quantitative estimate of drug-likeness (QED) is 0.681. The maximum Gasteiger partial charge on any atom is 0.234 e. The molecule has 7 nitrogen and oxygen atoms in total. The van der Waals surface area contributed by atoms with E-state index in [9.17, 15) is 9.18 Å². The van der Waals surface area contributed by atoms with Gasteiger partial charge in [-0.3, -0.25) is 4.79 Å². The van der Waals surface area contributed by atoms with Crippen molar-refractivity contribution in [2.75, 3.05) is 18.2 Å². The molecule has 1 aromatic heterocycles. The highest BCUT2D eigenvalue weighted by atomic mass is 32.2. The summed E-state index contributed by atoms with van der Waals surface area (Å²) in [5.41, 5.74) is 1.29. The van der Waals surface area contributed by atoms with Crippen molar-refractivity contribution < 1.29 is 13.9 Å². The van der Waals surface area contributed by atoms with Crippen molar-refractivity contribution in [1.29, 1.82) is 0 Å². The second-order valence-electron chi connectivity index (χ2n) is 4.92. The van der Waals surface area contributed by atoms with Gasteiger partial charge in [0, 0.05) is 5.69 Å². The highest BCUT2D eigenvalue weighted by Gasteiger charge is 2.12. The van der Waals surface area contributed by atoms with E-state index in [0.717, 1.165) is 11.4 Å². The second kappa shape index (κ2) is 7.75. The fourth-order valence-electron chi connectivity index (χ4n) is 2.01. The molecule has 9 heteroatoms. The molecule has 0 spiro atoms. The predicted molar refractivity (Wildman–Crippen MR) is 91.5 cm³/mol. The number of ether oxygens (including phenoxy) is 1. The summed E-state index contributed by atoms with van der Waals surface area (Å²) in [6.45, 7) is 0. The number of nitrogens with one attached hydrogen (secondary N) is 1. The Bertz CT molecular complexity index is 852. The van der Waals surface area contributed by atoms with Crippen LogP contribution in [0.5, 0.6) is 5.75 Å². The molecule has 0 fully saturated rings. The Morgan fingerprint density at radius 1 is 1.20 bits per heavy atom. The highest BCUT2D eigenvalue weighted by molar-refractivity contribution is 7.99. The number of nitrogens with zero attached hydrogens (tertiary/aromatic N) is 4. The van der Waals surface area contributed by atoms with Crippen LogP contribution in [0.25, 0.3) is 5.69 Å². The van der Waals surface area contributed by atoms with Gasteiger partial charge in [-0.15, -0.1) is 5.10 Å². The zero-order valence-electron chi connectivity index (χ0n) is 13.2. The molecule has 128 valence electrons. The lowest BCUT2D eigenvalue weighted by Gasteiger charge is -2.06. The van der Waals surface area contributed by atoms with Gasteiger partial charge < -0.3 is 10.1 Å². The van der Waals surface area contributed by atoms with Gasteiger partial charge in [0.15, 0.2) is 0 Å². The van der Waals surface area contributed by atoms with Gasteiger partial charge in [-0.2, -0.15) is 4.68 Å². The molecule has 25 heavy (non-hydrogen) atoms. The largest absolute Gasteiger partial charge is 0.497 e. The molecular formula is C16H14FN5O2S. The zero-order valence-corrected chi connectivity index (χ0v) is 14.0. The van der Waals surface area contributed by atoms with Crippen molar-refractivity contribution in [1.82, 2.24) is 20.2 Å². The number of hydrogen-bond donors (Lipinski definition) is 1. The first-order valence-corrected chi connectivity index (χ1v) is 8.25. The Labute approximate surface area is 147 Å². The van der Waals surface area contributed by atoms with Crippen LogP contribution in [0.4, 0.5) is 10.1 Å². The number of hydrogen-bond acceptors (Lipinski definition) is 6. The lowest BCUT2D eigenvalue weighted by molar-refractivity contribution is -0.113. The topological polar surface area (TPSA) is 81.9 Å². The summed E-state index contributed by atoms with van der Waals surface area (Å²) in [5, 5.41) is 14.7. The van der Waals surface area contributed by atoms with Crippen LogP contribution in [0.15, 0.2) is 53.7 Å². The Hall–Kier alpha value is -2.94. The monoisotopic (exact) mass is 359 g/mol. The summed E-state index contributed by atoms with van der Waals surface area (Å²) in [7, 11) is 1.59. The molecule has 0 aliphatic carbocycles. The summed E-state index contributed by atoms with van der Waals surface area (Å²) in [4.78, 5) is 12.0. The molecule has 0 saturated heterocycles. The van der Waals surface area contributed by atoms with E-state index in [2.05, 4.69) is 20.8 Å². The molecule has 1 heterocycles. The molecule has 0 saturated carbocycles. The number of benzene rings is 2. The highest BCUT2D eigenvalue weighted by Crippen LogP contribution is 2.20. The van der Waals surface area contributed by atoms with Crippen LogP contribution in [0, 0.1) is 5.82 Å². The van der Waals surface area contributed by atoms with E-state index in [4.69, 9.17) is 4.74 Å². The van der Waals surface area contributed by atoms with E-state index in [-0.39, 0.29) is 17.5 Å². The van der Waals surface area contributed by atoms with E-state index >= 15 is 0 Å². The Morgan fingerprint density at radius 2 is 1.92 bits per heavy atom. The number of tetrazole rings is 1. The molecule has 0 atom stereocenters. The lowest BCUT2D eigenvalue weighted by atomic mass is 10.3. The Kier molecular flexibility index (Phi) is 5.24. The van der Waals surface area contributed by atoms with Crippen LogP contribution in [0.2, 0.25) is 0 Å². The Morgan fingerprint density at radius 3 is 2.60 bits per heavy atom. The normalized spacial score (nSPS) is 10.5. The maximum absolute atomic E-state index is 12.9. The van der Waals surface area contributed by atoms with Crippen molar-refractivity contribution in [3.8, 4) is 11.4 Å². The first kappa shape index (κ1) is 16.9. The summed E-state index contributed by atoms with van der Waals surface area (Å²) >= 11 is 1.20. The van der Waals surface area contributed by atoms with Crippen molar-refractivity contribution in [3.05, 3.63) is 54.3 Å². The fourth-order valence-corrected chi connectivity index (χ4v) is 2.71. The van der Waals surface area contributed by atoms with Crippen molar-refractivity contribution in [2.45, 2.75) is 5.16 Å². The number of anilines is 1. The second-order valence-corrected chi connectivity index (χ2v) is 5.86. The first-order chi connectivity index (χ1) is 12.2. The first-order valence-electron chi connectivity index (χ1n) is 7.27. The fraction of sp³-hybridized carbons (Fsp3) is 0.125. The van der Waals surface area contributed by atoms with Gasteiger partial charge >= 0.3 is 0 Å². The Balaban J connectivity index is 1.62. The van der Waals surface area contributed by atoms with Crippen molar-refractivity contribution in [3.63, 3.8) is 0 Å². The van der Waals surface area contributed by atoms with Gasteiger partial charge in [-0.25, -0.2) is 4.39 Å². The van der Waals surface area contributed by atoms with Crippen molar-refractivity contribution >= 4 is 23.4 Å². The number of amides is 1. The number of carbonyl (C=O) groups excluding carboxylic acids is 1. The molecule has 0 aliphatic rings. The SMILES string of the molecule is COc1ccc(-n2nnnc2SCC(=O)Nc2ccc(F)cc2)cc1. The standard InChI is InChI=1S/C16H14FN5O2S/c1-24-14-8-6-13(7-9-14)22-16(19-20-21-22)25-10-15(23)18-12-4-2-11(17)3-5-12/h2-9H,10H2,1H3,(H,18,23). The van der Waals surface area contributed by atoms with E-state index in [1.54, 1.807) is 19.2 Å². The molecule has 3 rings (SSSR count). The summed E-state index contributed by atoms with van der Waals surface area (Å²) in [6, 6.07) is 12.8. The molecular weight excluding hydrogens is 345 g/mol. The number of carbonyl (C=O) groups is 1. The summed E-state index contributed by atoms with van der Waals surface area (Å²) < 4.78 is 19.5. The summed E-state index contributed by atoms with van der Waals surface area (Å²) in [5.74, 6) is 0.255. The third-order valence-corrected chi connectivity index (χ3v) is 4.14. The number of halogens is 1. The molecule has 0 bridgehead atoms. The van der Waals surface area contributed by atoms with Gasteiger partial charge in [0.25, 0.3) is 0 Å². The molecule has 2 aromatic carbocycles. The number of aromatic nitrogens is 4. The van der Waals surface area contributed by atoms with Crippen LogP contribution in [-0.2, 0) is 4.79 Å². The van der Waals surface area contributed by atoms with Gasteiger partial charge in [0.1, 0.15) is 11.6 Å². The summed E-state index contributed by atoms with van der Waals surface area (Å²) in [6.07, 6.45) is 0. The van der Waals surface area contributed by atoms with Crippen LogP contribution >= 0.6 is 11.8 Å². The van der Waals surface area contributed by atoms with Crippen molar-refractivity contribution in [2.24, 2.45) is 0 Å². The van der Waals surface area contributed by atoms with E-state index in [0.29, 0.717) is 10.8 Å². The van der Waals surface area contributed by atoms with E-state index < -0.39 is 0 Å². The molecule has 0 aliphatic heterocycles. The maximum atomic E-state index is 12.9. The number of methoxy groups -OCH3 is 1. The van der Waals surface area contributed by atoms with Crippen LogP contribution in [-0.4, -0.2) is 39.0 Å². The van der Waals surface area contributed by atoms with Gasteiger partial charge in [0.05, 0.1) is 18.6 Å². The molecule has 1 amide bonds. The molecule has 3 aromatic rings. The number of thioether (sulfide) groups is 1. The minimum atomic E-state index is -0.356. The zero-order chi connectivity index (χ0) is 17.6. The van der Waals surface area contributed by atoms with E-state index in [1.807, 2.05) is 12.1 Å². The molecule has 0 unspecified atom stereocenters. The molecule has 0 radical (unpaired) electrons. The third-order valence-electron chi connectivity index (χ3n) is 3.22. The van der Waals surface area contributed by atoms with Gasteiger partial charge in [0.2, 0.25) is 11.1 Å². The minimum Gasteiger partial charge on any atom is -0.497 e. The van der Waals surface area contributed by atoms with Gasteiger partial charge in [-0.05, 0) is 59.0 Å². The smallest absolute Gasteiger partial charge is 0.234 e. The van der Waals surface area contributed by atoms with Gasteiger partial charge in [-0.1, -0.05) is 11.8 Å². The average molecular weight is 359 g/mol. The average Bonchev–Trinajstić information content (AvgIpc) is 3.10. The third kappa shape index (κ3) is 4.32. The van der Waals surface area contributed by atoms with Crippen LogP contribution in [0.1, 0.15) is 0 Å². The van der Waals surface area contributed by atoms with Crippen LogP contribution in [0.3, 0.4) is 0 Å².